The molecule has 0 saturated carbocycles. The highest BCUT2D eigenvalue weighted by atomic mass is 16.5. The average Bonchev–Trinajstić information content (AvgIpc) is 2.79. The first kappa shape index (κ1) is 21.6. The first-order chi connectivity index (χ1) is 15.0. The van der Waals surface area contributed by atoms with Crippen LogP contribution in [0.5, 0.6) is 0 Å². The Balaban J connectivity index is 1.77. The zero-order valence-corrected chi connectivity index (χ0v) is 17.4. The number of nitrogens with zero attached hydrogens (tertiary/aromatic N) is 1. The number of carboxylic acids is 1. The van der Waals surface area contributed by atoms with Gasteiger partial charge in [0.05, 0.1) is 6.61 Å². The fraction of sp³-hybridized carbons (Fsp3) is 0.120. The summed E-state index contributed by atoms with van der Waals surface area (Å²) < 4.78 is 5.15. The second kappa shape index (κ2) is 10.1. The van der Waals surface area contributed by atoms with Crippen molar-refractivity contribution in [2.24, 2.45) is 0 Å². The highest BCUT2D eigenvalue weighted by Gasteiger charge is 2.12. The lowest BCUT2D eigenvalue weighted by atomic mass is 10.0. The van der Waals surface area contributed by atoms with Gasteiger partial charge in [0.2, 0.25) is 5.76 Å². The Kier molecular flexibility index (Phi) is 7.06. The molecule has 0 aliphatic carbocycles. The van der Waals surface area contributed by atoms with Crippen LogP contribution in [0.25, 0.3) is 17.2 Å². The summed E-state index contributed by atoms with van der Waals surface area (Å²) in [5.41, 5.74) is 4.09. The highest BCUT2D eigenvalue weighted by molar-refractivity contribution is 6.01. The van der Waals surface area contributed by atoms with Gasteiger partial charge in [-0.25, -0.2) is 9.59 Å². The SMILES string of the molecule is CCO/C(=C\c1ccc(-c2cccc(N(C)C(=O)Nc3ccccc3)c2)cc1)C(=O)O. The molecular formula is C25H24N2O4. The van der Waals surface area contributed by atoms with Crippen LogP contribution in [0.4, 0.5) is 16.2 Å². The van der Waals surface area contributed by atoms with Crippen LogP contribution in [0.3, 0.4) is 0 Å². The standard InChI is InChI=1S/C25H24N2O4/c1-3-31-23(24(28)29)16-18-12-14-19(15-13-18)20-8-7-11-22(17-20)27(2)25(30)26-21-9-5-4-6-10-21/h4-17H,3H2,1-2H3,(H,26,30)(H,28,29)/b23-16-. The summed E-state index contributed by atoms with van der Waals surface area (Å²) in [6.07, 6.45) is 1.49. The topological polar surface area (TPSA) is 78.9 Å². The summed E-state index contributed by atoms with van der Waals surface area (Å²) in [5.74, 6) is -1.20. The maximum Gasteiger partial charge on any atom is 0.371 e. The largest absolute Gasteiger partial charge is 0.487 e. The number of anilines is 2. The van der Waals surface area contributed by atoms with E-state index >= 15 is 0 Å². The van der Waals surface area contributed by atoms with E-state index in [0.717, 1.165) is 28.1 Å². The third-order valence-corrected chi connectivity index (χ3v) is 4.62. The minimum absolute atomic E-state index is 0.0942. The van der Waals surface area contributed by atoms with E-state index in [0.29, 0.717) is 0 Å². The number of para-hydroxylation sites is 1. The molecule has 3 rings (SSSR count). The number of carbonyl (C=O) groups excluding carboxylic acids is 1. The molecule has 0 unspecified atom stereocenters. The summed E-state index contributed by atoms with van der Waals surface area (Å²) in [5, 5.41) is 12.1. The van der Waals surface area contributed by atoms with Gasteiger partial charge >= 0.3 is 12.0 Å². The first-order valence-corrected chi connectivity index (χ1v) is 9.86. The minimum Gasteiger partial charge on any atom is -0.487 e. The van der Waals surface area contributed by atoms with E-state index in [1.165, 1.54) is 6.08 Å². The van der Waals surface area contributed by atoms with Gasteiger partial charge in [-0.2, -0.15) is 0 Å². The molecule has 3 aromatic carbocycles. The molecule has 158 valence electrons. The third kappa shape index (κ3) is 5.73. The van der Waals surface area contributed by atoms with Gasteiger partial charge in [0.1, 0.15) is 0 Å². The predicted molar refractivity (Wildman–Crippen MR) is 123 cm³/mol. The minimum atomic E-state index is -1.10. The van der Waals surface area contributed by atoms with Gasteiger partial charge in [-0.15, -0.1) is 0 Å². The summed E-state index contributed by atoms with van der Waals surface area (Å²) in [6, 6.07) is 24.2. The Hall–Kier alpha value is -4.06. The number of hydrogen-bond donors (Lipinski definition) is 2. The van der Waals surface area contributed by atoms with E-state index in [1.807, 2.05) is 78.9 Å². The molecule has 0 saturated heterocycles. The van der Waals surface area contributed by atoms with Crippen LogP contribution >= 0.6 is 0 Å². The van der Waals surface area contributed by atoms with Crippen molar-refractivity contribution in [2.75, 3.05) is 23.9 Å². The molecule has 0 fully saturated rings. The number of carboxylic acid groups (broad SMARTS) is 1. The molecule has 0 aliphatic rings. The molecule has 2 amide bonds. The fourth-order valence-electron chi connectivity index (χ4n) is 2.98. The number of nitrogens with one attached hydrogen (secondary N) is 1. The number of benzene rings is 3. The van der Waals surface area contributed by atoms with E-state index in [9.17, 15) is 14.7 Å². The van der Waals surface area contributed by atoms with E-state index in [4.69, 9.17) is 4.74 Å². The summed E-state index contributed by atoms with van der Waals surface area (Å²) >= 11 is 0. The lowest BCUT2D eigenvalue weighted by molar-refractivity contribution is -0.136. The quantitative estimate of drug-likeness (QED) is 0.395. The smallest absolute Gasteiger partial charge is 0.371 e. The first-order valence-electron chi connectivity index (χ1n) is 9.86. The van der Waals surface area contributed by atoms with Crippen LogP contribution in [0.1, 0.15) is 12.5 Å². The fourth-order valence-corrected chi connectivity index (χ4v) is 2.98. The van der Waals surface area contributed by atoms with Crippen molar-refractivity contribution in [3.05, 3.63) is 90.2 Å². The Morgan fingerprint density at radius 3 is 2.32 bits per heavy atom. The molecule has 0 atom stereocenters. The van der Waals surface area contributed by atoms with Gasteiger partial charge in [0, 0.05) is 18.4 Å². The second-order valence-corrected chi connectivity index (χ2v) is 6.77. The van der Waals surface area contributed by atoms with E-state index < -0.39 is 5.97 Å². The van der Waals surface area contributed by atoms with Gasteiger partial charge in [-0.1, -0.05) is 54.6 Å². The lowest BCUT2D eigenvalue weighted by Crippen LogP contribution is -2.31. The maximum atomic E-state index is 12.6. The van der Waals surface area contributed by atoms with Crippen molar-refractivity contribution in [1.82, 2.24) is 0 Å². The monoisotopic (exact) mass is 416 g/mol. The zero-order chi connectivity index (χ0) is 22.2. The molecule has 0 heterocycles. The number of ether oxygens (including phenoxy) is 1. The van der Waals surface area contributed by atoms with Crippen molar-refractivity contribution in [3.63, 3.8) is 0 Å². The molecule has 2 N–H and O–H groups in total. The Bertz CT molecular complexity index is 1080. The summed E-state index contributed by atoms with van der Waals surface area (Å²) in [7, 11) is 1.71. The van der Waals surface area contributed by atoms with Crippen LogP contribution < -0.4 is 10.2 Å². The van der Waals surface area contributed by atoms with Crippen molar-refractivity contribution < 1.29 is 19.4 Å². The molecule has 31 heavy (non-hydrogen) atoms. The number of carbonyl (C=O) groups is 2. The lowest BCUT2D eigenvalue weighted by Gasteiger charge is -2.19. The van der Waals surface area contributed by atoms with Crippen molar-refractivity contribution >= 4 is 29.5 Å². The van der Waals surface area contributed by atoms with Gasteiger partial charge in [-0.3, -0.25) is 4.90 Å². The van der Waals surface area contributed by atoms with Crippen molar-refractivity contribution in [1.29, 1.82) is 0 Å². The molecule has 0 aromatic heterocycles. The molecule has 0 spiro atoms. The molecule has 6 nitrogen and oxygen atoms in total. The Labute approximate surface area is 181 Å². The number of rotatable bonds is 7. The van der Waals surface area contributed by atoms with Gasteiger partial charge in [0.15, 0.2) is 0 Å². The third-order valence-electron chi connectivity index (χ3n) is 4.62. The van der Waals surface area contributed by atoms with E-state index in [2.05, 4.69) is 5.32 Å². The van der Waals surface area contributed by atoms with Crippen LogP contribution in [0, 0.1) is 0 Å². The number of hydrogen-bond acceptors (Lipinski definition) is 3. The molecule has 3 aromatic rings. The Morgan fingerprint density at radius 1 is 0.968 bits per heavy atom. The van der Waals surface area contributed by atoms with Crippen molar-refractivity contribution in [3.8, 4) is 11.1 Å². The summed E-state index contributed by atoms with van der Waals surface area (Å²) in [6.45, 7) is 2.03. The number of amides is 2. The van der Waals surface area contributed by atoms with Crippen LogP contribution in [0.15, 0.2) is 84.6 Å². The number of aliphatic carboxylic acids is 1. The van der Waals surface area contributed by atoms with Crippen LogP contribution in [0.2, 0.25) is 0 Å². The molecule has 0 radical (unpaired) electrons. The average molecular weight is 416 g/mol. The molecular weight excluding hydrogens is 392 g/mol. The maximum absolute atomic E-state index is 12.6. The number of urea groups is 1. The summed E-state index contributed by atoms with van der Waals surface area (Å²) in [4.78, 5) is 25.3. The van der Waals surface area contributed by atoms with Crippen molar-refractivity contribution in [2.45, 2.75) is 6.92 Å². The second-order valence-electron chi connectivity index (χ2n) is 6.77. The zero-order valence-electron chi connectivity index (χ0n) is 17.4. The Morgan fingerprint density at radius 2 is 1.68 bits per heavy atom. The van der Waals surface area contributed by atoms with Crippen LogP contribution in [-0.4, -0.2) is 30.8 Å². The molecule has 0 aliphatic heterocycles. The van der Waals surface area contributed by atoms with Crippen LogP contribution in [-0.2, 0) is 9.53 Å². The molecule has 0 bridgehead atoms. The van der Waals surface area contributed by atoms with E-state index in [1.54, 1.807) is 18.9 Å². The van der Waals surface area contributed by atoms with Gasteiger partial charge in [0.25, 0.3) is 0 Å². The normalized spacial score (nSPS) is 11.0. The van der Waals surface area contributed by atoms with Gasteiger partial charge in [-0.05, 0) is 54.0 Å². The van der Waals surface area contributed by atoms with E-state index in [-0.39, 0.29) is 18.4 Å². The van der Waals surface area contributed by atoms with Gasteiger partial charge < -0.3 is 15.2 Å². The molecule has 6 heteroatoms. The predicted octanol–water partition coefficient (Wildman–Crippen LogP) is 5.48. The highest BCUT2D eigenvalue weighted by Crippen LogP contribution is 2.25.